The Morgan fingerprint density at radius 2 is 1.94 bits per heavy atom. The van der Waals surface area contributed by atoms with Crippen LogP contribution in [0.25, 0.3) is 0 Å². The Morgan fingerprint density at radius 1 is 1.31 bits per heavy atom. The zero-order valence-corrected chi connectivity index (χ0v) is 11.5. The monoisotopic (exact) mass is 286 g/mol. The van der Waals surface area contributed by atoms with Crippen LogP contribution >= 0.6 is 0 Å². The molecule has 0 saturated carbocycles. The van der Waals surface area contributed by atoms with Crippen LogP contribution in [0.2, 0.25) is 5.32 Å². The van der Waals surface area contributed by atoms with Gasteiger partial charge in [-0.3, -0.25) is 0 Å². The maximum atomic E-state index is 10.9. The summed E-state index contributed by atoms with van der Waals surface area (Å²) in [5, 5.41) is 11.1. The number of carboxylic acid groups (broad SMARTS) is 1. The minimum atomic E-state index is -0.692. The molecule has 0 aliphatic rings. The first kappa shape index (κ1) is 13.3. The maximum absolute atomic E-state index is 10.9. The van der Waals surface area contributed by atoms with Crippen LogP contribution in [-0.2, 0) is 10.1 Å². The van der Waals surface area contributed by atoms with Gasteiger partial charge in [0.25, 0.3) is 0 Å². The molecule has 2 nitrogen and oxygen atoms in total. The summed E-state index contributed by atoms with van der Waals surface area (Å²) in [6.07, 6.45) is 0.773. The van der Waals surface area contributed by atoms with Crippen molar-refractivity contribution in [3.8, 4) is 0 Å². The van der Waals surface area contributed by atoms with Crippen LogP contribution in [0.1, 0.15) is 25.8 Å². The van der Waals surface area contributed by atoms with Gasteiger partial charge in [-0.2, -0.15) is 0 Å². The number of carboxylic acids is 1. The Bertz CT molecular complexity index is 333. The van der Waals surface area contributed by atoms with Crippen molar-refractivity contribution in [2.75, 3.05) is 0 Å². The molecule has 16 heavy (non-hydrogen) atoms. The van der Waals surface area contributed by atoms with E-state index < -0.39 is 11.4 Å². The van der Waals surface area contributed by atoms with E-state index in [0.717, 1.165) is 17.1 Å². The Hall–Kier alpha value is -0.791. The van der Waals surface area contributed by atoms with Gasteiger partial charge in [0, 0.05) is 0 Å². The molecule has 1 aromatic rings. The molecule has 0 bridgehead atoms. The molecule has 0 aromatic heterocycles. The Morgan fingerprint density at radius 3 is 2.50 bits per heavy atom. The summed E-state index contributed by atoms with van der Waals surface area (Å²) in [5.41, 5.74) is 0.786. The first-order valence-corrected chi connectivity index (χ1v) is 7.80. The number of hydrogen-bond acceptors (Lipinski definition) is 1. The van der Waals surface area contributed by atoms with Crippen molar-refractivity contribution in [1.29, 1.82) is 0 Å². The molecule has 0 aliphatic heterocycles. The van der Waals surface area contributed by atoms with E-state index in [9.17, 15) is 4.79 Å². The van der Waals surface area contributed by atoms with Gasteiger partial charge in [-0.05, 0) is 0 Å². The topological polar surface area (TPSA) is 37.3 Å². The molecule has 88 valence electrons. The van der Waals surface area contributed by atoms with Crippen LogP contribution in [0.15, 0.2) is 30.3 Å². The average molecular weight is 285 g/mol. The van der Waals surface area contributed by atoms with Crippen molar-refractivity contribution in [2.24, 2.45) is 5.41 Å². The summed E-state index contributed by atoms with van der Waals surface area (Å²) in [4.78, 5) is 10.9. The summed E-state index contributed by atoms with van der Waals surface area (Å²) in [6, 6.07) is 10.4. The van der Waals surface area contributed by atoms with Crippen molar-refractivity contribution in [1.82, 2.24) is 0 Å². The Labute approximate surface area is 103 Å². The summed E-state index contributed by atoms with van der Waals surface area (Å²) in [7, 11) is 0. The second-order valence-electron chi connectivity index (χ2n) is 4.48. The molecule has 0 saturated heterocycles. The van der Waals surface area contributed by atoms with E-state index in [2.05, 4.69) is 12.1 Å². The molecule has 1 rings (SSSR count). The third-order valence-electron chi connectivity index (χ3n) is 2.56. The van der Waals surface area contributed by atoms with E-state index in [0.29, 0.717) is 15.0 Å². The number of benzene rings is 1. The Kier molecular flexibility index (Phi) is 5.04. The number of carbonyl (C=O) groups is 1. The van der Waals surface area contributed by atoms with Crippen molar-refractivity contribution >= 4 is 20.9 Å². The third kappa shape index (κ3) is 4.38. The van der Waals surface area contributed by atoms with Gasteiger partial charge in [-0.1, -0.05) is 0 Å². The molecule has 0 unspecified atom stereocenters. The van der Waals surface area contributed by atoms with Gasteiger partial charge in [0.15, 0.2) is 0 Å². The van der Waals surface area contributed by atoms with Gasteiger partial charge in [0.2, 0.25) is 0 Å². The van der Waals surface area contributed by atoms with Crippen LogP contribution in [0.5, 0.6) is 0 Å². The number of rotatable bonds is 6. The molecule has 0 aliphatic carbocycles. The van der Waals surface area contributed by atoms with Crippen LogP contribution in [0.3, 0.4) is 0 Å². The molecule has 1 aromatic carbocycles. The van der Waals surface area contributed by atoms with Crippen molar-refractivity contribution in [3.05, 3.63) is 35.9 Å². The summed E-state index contributed by atoms with van der Waals surface area (Å²) in [6.45, 7) is 3.60. The molecule has 0 amide bonds. The normalized spacial score (nSPS) is 11.4. The second kappa shape index (κ2) is 6.07. The molecule has 3 heteroatoms. The van der Waals surface area contributed by atoms with Crippen LogP contribution < -0.4 is 0 Å². The minimum absolute atomic E-state index is 0.508. The zero-order valence-electron chi connectivity index (χ0n) is 9.77. The fourth-order valence-electron chi connectivity index (χ4n) is 1.20. The molecular formula is C13H18O2Se. The SMILES string of the molecule is CC(C)(CC[Se]Cc1ccccc1)C(=O)O. The summed E-state index contributed by atoms with van der Waals surface area (Å²) in [5.74, 6) is -0.692. The third-order valence-corrected chi connectivity index (χ3v) is 4.72. The van der Waals surface area contributed by atoms with Gasteiger partial charge in [0.05, 0.1) is 0 Å². The van der Waals surface area contributed by atoms with Gasteiger partial charge >= 0.3 is 103 Å². The molecule has 0 radical (unpaired) electrons. The van der Waals surface area contributed by atoms with E-state index in [1.165, 1.54) is 5.56 Å². The van der Waals surface area contributed by atoms with Crippen molar-refractivity contribution < 1.29 is 9.90 Å². The fourth-order valence-corrected chi connectivity index (χ4v) is 3.77. The first-order chi connectivity index (χ1) is 7.52. The molecule has 1 N–H and O–H groups in total. The molecule has 0 spiro atoms. The quantitative estimate of drug-likeness (QED) is 0.644. The van der Waals surface area contributed by atoms with Crippen LogP contribution in [0, 0.1) is 5.41 Å². The molecule has 0 heterocycles. The van der Waals surface area contributed by atoms with Crippen LogP contribution in [0.4, 0.5) is 0 Å². The van der Waals surface area contributed by atoms with E-state index in [4.69, 9.17) is 5.11 Å². The molecule has 0 fully saturated rings. The summed E-state index contributed by atoms with van der Waals surface area (Å²) >= 11 is 0.508. The number of aliphatic carboxylic acids is 1. The van der Waals surface area contributed by atoms with Crippen molar-refractivity contribution in [3.63, 3.8) is 0 Å². The molecular weight excluding hydrogens is 267 g/mol. The zero-order chi connectivity index (χ0) is 12.0. The Balaban J connectivity index is 2.25. The van der Waals surface area contributed by atoms with Crippen LogP contribution in [-0.4, -0.2) is 26.0 Å². The van der Waals surface area contributed by atoms with E-state index in [-0.39, 0.29) is 0 Å². The fraction of sp³-hybridized carbons (Fsp3) is 0.462. The predicted octanol–water partition coefficient (Wildman–Crippen LogP) is 2.81. The van der Waals surface area contributed by atoms with E-state index in [1.54, 1.807) is 13.8 Å². The second-order valence-corrected chi connectivity index (χ2v) is 6.80. The van der Waals surface area contributed by atoms with Gasteiger partial charge < -0.3 is 0 Å². The number of hydrogen-bond donors (Lipinski definition) is 1. The average Bonchev–Trinajstić information content (AvgIpc) is 2.26. The van der Waals surface area contributed by atoms with Gasteiger partial charge in [0.1, 0.15) is 0 Å². The first-order valence-electron chi connectivity index (χ1n) is 5.37. The van der Waals surface area contributed by atoms with E-state index >= 15 is 0 Å². The van der Waals surface area contributed by atoms with Crippen molar-refractivity contribution in [2.45, 2.75) is 30.9 Å². The molecule has 0 atom stereocenters. The van der Waals surface area contributed by atoms with E-state index in [1.807, 2.05) is 18.2 Å². The summed E-state index contributed by atoms with van der Waals surface area (Å²) < 4.78 is 0. The standard InChI is InChI=1S/C13H18O2Se/c1-13(2,12(14)15)8-9-16-10-11-6-4-3-5-7-11/h3-7H,8-10H2,1-2H3,(H,14,15). The predicted molar refractivity (Wildman–Crippen MR) is 66.7 cm³/mol. The van der Waals surface area contributed by atoms with Gasteiger partial charge in [-0.15, -0.1) is 0 Å². The van der Waals surface area contributed by atoms with Gasteiger partial charge in [-0.25, -0.2) is 0 Å².